The van der Waals surface area contributed by atoms with E-state index in [0.717, 1.165) is 30.3 Å². The summed E-state index contributed by atoms with van der Waals surface area (Å²) in [6, 6.07) is 5.86. The predicted molar refractivity (Wildman–Crippen MR) is 96.5 cm³/mol. The quantitative estimate of drug-likeness (QED) is 0.720. The lowest BCUT2D eigenvalue weighted by atomic mass is 10.3. The predicted octanol–water partition coefficient (Wildman–Crippen LogP) is 1.76. The fourth-order valence-corrected chi connectivity index (χ4v) is 3.58. The summed E-state index contributed by atoms with van der Waals surface area (Å²) in [7, 11) is 1.84. The average Bonchev–Trinajstić information content (AvgIpc) is 3.41. The second kappa shape index (κ2) is 5.69. The van der Waals surface area contributed by atoms with Gasteiger partial charge in [0.1, 0.15) is 5.82 Å². The first-order chi connectivity index (χ1) is 12.7. The second-order valence-electron chi connectivity index (χ2n) is 6.74. The number of hydrogen-bond donors (Lipinski definition) is 0. The number of hydrogen-bond acceptors (Lipinski definition) is 5. The summed E-state index contributed by atoms with van der Waals surface area (Å²) in [5.74, 6) is 1.59. The molecule has 0 unspecified atom stereocenters. The molecule has 5 rings (SSSR count). The smallest absolute Gasteiger partial charge is 0.263 e. The van der Waals surface area contributed by atoms with Crippen molar-refractivity contribution in [2.24, 2.45) is 7.05 Å². The number of carbonyl (C=O) groups excluding carboxylic acids is 1. The van der Waals surface area contributed by atoms with Crippen molar-refractivity contribution >= 4 is 17.5 Å². The van der Waals surface area contributed by atoms with Gasteiger partial charge >= 0.3 is 0 Å². The van der Waals surface area contributed by atoms with Gasteiger partial charge in [0, 0.05) is 38.6 Å². The van der Waals surface area contributed by atoms with Crippen molar-refractivity contribution in [1.29, 1.82) is 0 Å². The van der Waals surface area contributed by atoms with Crippen LogP contribution in [0.15, 0.2) is 36.8 Å². The number of aryl methyl sites for hydroxylation is 1. The molecule has 5 heterocycles. The van der Waals surface area contributed by atoms with Crippen LogP contribution in [0.4, 0.5) is 11.6 Å². The molecule has 0 aromatic carbocycles. The molecule has 0 radical (unpaired) electrons. The first-order valence-corrected chi connectivity index (χ1v) is 8.80. The molecule has 1 saturated heterocycles. The molecule has 132 valence electrons. The number of amides is 1. The van der Waals surface area contributed by atoms with E-state index in [1.54, 1.807) is 20.5 Å². The van der Waals surface area contributed by atoms with Crippen LogP contribution in [0.2, 0.25) is 0 Å². The fourth-order valence-electron chi connectivity index (χ4n) is 3.58. The van der Waals surface area contributed by atoms with Crippen molar-refractivity contribution in [2.45, 2.75) is 19.4 Å². The normalized spacial score (nSPS) is 16.6. The topological polar surface area (TPSA) is 72.1 Å². The van der Waals surface area contributed by atoms with Crippen LogP contribution in [0.25, 0.3) is 5.69 Å². The van der Waals surface area contributed by atoms with Crippen LogP contribution in [0.3, 0.4) is 0 Å². The van der Waals surface area contributed by atoms with E-state index >= 15 is 0 Å². The molecule has 0 atom stereocenters. The molecule has 0 N–H and O–H groups in total. The van der Waals surface area contributed by atoms with Crippen LogP contribution in [0, 0.1) is 0 Å². The summed E-state index contributed by atoms with van der Waals surface area (Å²) in [5.41, 5.74) is 2.25. The number of fused-ring (bicyclic) bond motifs is 1. The fraction of sp³-hybridized carbons (Fsp3) is 0.333. The Bertz CT molecular complexity index is 966. The lowest BCUT2D eigenvalue weighted by Gasteiger charge is -2.16. The van der Waals surface area contributed by atoms with Gasteiger partial charge in [0.05, 0.1) is 29.7 Å². The Hall–Kier alpha value is -3.16. The third kappa shape index (κ3) is 2.37. The van der Waals surface area contributed by atoms with E-state index in [9.17, 15) is 4.79 Å². The molecule has 0 bridgehead atoms. The van der Waals surface area contributed by atoms with Crippen molar-refractivity contribution in [1.82, 2.24) is 24.5 Å². The zero-order valence-electron chi connectivity index (χ0n) is 14.5. The van der Waals surface area contributed by atoms with Gasteiger partial charge in [0.2, 0.25) is 0 Å². The van der Waals surface area contributed by atoms with Gasteiger partial charge in [-0.3, -0.25) is 14.4 Å². The summed E-state index contributed by atoms with van der Waals surface area (Å²) in [4.78, 5) is 21.2. The number of nitrogens with zero attached hydrogens (tertiary/aromatic N) is 7. The molecule has 0 saturated carbocycles. The maximum atomic E-state index is 12.7. The number of carbonyl (C=O) groups is 1. The van der Waals surface area contributed by atoms with Gasteiger partial charge in [0.15, 0.2) is 5.82 Å². The molecule has 2 aliphatic heterocycles. The van der Waals surface area contributed by atoms with Crippen LogP contribution >= 0.6 is 0 Å². The molecule has 0 spiro atoms. The Kier molecular flexibility index (Phi) is 3.31. The van der Waals surface area contributed by atoms with Crippen LogP contribution < -0.4 is 9.80 Å². The monoisotopic (exact) mass is 349 g/mol. The SMILES string of the molecule is Cn1ccc(N2Cc3nn(-c4ccc(N5CCCC5)nc4)cc3C2=O)n1. The molecule has 1 amide bonds. The molecule has 3 aromatic heterocycles. The summed E-state index contributed by atoms with van der Waals surface area (Å²) in [6.45, 7) is 2.58. The molecule has 0 aliphatic carbocycles. The van der Waals surface area contributed by atoms with Crippen LogP contribution in [0.5, 0.6) is 0 Å². The molecular weight excluding hydrogens is 330 g/mol. The average molecular weight is 349 g/mol. The van der Waals surface area contributed by atoms with Gasteiger partial charge < -0.3 is 4.90 Å². The molecule has 2 aliphatic rings. The van der Waals surface area contributed by atoms with Crippen LogP contribution in [-0.4, -0.2) is 43.5 Å². The van der Waals surface area contributed by atoms with Crippen molar-refractivity contribution < 1.29 is 4.79 Å². The van der Waals surface area contributed by atoms with E-state index in [4.69, 9.17) is 0 Å². The van der Waals surface area contributed by atoms with E-state index in [1.807, 2.05) is 37.6 Å². The summed E-state index contributed by atoms with van der Waals surface area (Å²) in [5, 5.41) is 8.89. The van der Waals surface area contributed by atoms with Gasteiger partial charge in [-0.05, 0) is 25.0 Å². The Morgan fingerprint density at radius 1 is 1.04 bits per heavy atom. The zero-order chi connectivity index (χ0) is 17.7. The van der Waals surface area contributed by atoms with E-state index in [1.165, 1.54) is 12.8 Å². The van der Waals surface area contributed by atoms with Crippen molar-refractivity contribution in [3.8, 4) is 5.69 Å². The molecule has 3 aromatic rings. The Morgan fingerprint density at radius 2 is 1.88 bits per heavy atom. The molecule has 26 heavy (non-hydrogen) atoms. The second-order valence-corrected chi connectivity index (χ2v) is 6.74. The Morgan fingerprint density at radius 3 is 2.54 bits per heavy atom. The third-order valence-corrected chi connectivity index (χ3v) is 4.98. The zero-order valence-corrected chi connectivity index (χ0v) is 14.5. The van der Waals surface area contributed by atoms with Crippen molar-refractivity contribution in [2.75, 3.05) is 22.9 Å². The first kappa shape index (κ1) is 15.1. The largest absolute Gasteiger partial charge is 0.357 e. The number of pyridine rings is 1. The van der Waals surface area contributed by atoms with E-state index in [-0.39, 0.29) is 5.91 Å². The van der Waals surface area contributed by atoms with Crippen LogP contribution in [0.1, 0.15) is 28.9 Å². The highest BCUT2D eigenvalue weighted by molar-refractivity contribution is 6.09. The minimum atomic E-state index is -0.0633. The molecule has 8 heteroatoms. The van der Waals surface area contributed by atoms with Gasteiger partial charge in [-0.15, -0.1) is 0 Å². The lowest BCUT2D eigenvalue weighted by molar-refractivity contribution is 0.0995. The maximum Gasteiger partial charge on any atom is 0.263 e. The Balaban J connectivity index is 1.39. The summed E-state index contributed by atoms with van der Waals surface area (Å²) >= 11 is 0. The van der Waals surface area contributed by atoms with Gasteiger partial charge in [-0.25, -0.2) is 9.67 Å². The van der Waals surface area contributed by atoms with Gasteiger partial charge in [0.25, 0.3) is 5.91 Å². The van der Waals surface area contributed by atoms with Crippen LogP contribution in [-0.2, 0) is 13.6 Å². The third-order valence-electron chi connectivity index (χ3n) is 4.98. The van der Waals surface area contributed by atoms with Gasteiger partial charge in [-0.2, -0.15) is 10.2 Å². The minimum absolute atomic E-state index is 0.0633. The van der Waals surface area contributed by atoms with Crippen molar-refractivity contribution in [3.05, 3.63) is 48.0 Å². The minimum Gasteiger partial charge on any atom is -0.357 e. The lowest BCUT2D eigenvalue weighted by Crippen LogP contribution is -2.24. The summed E-state index contributed by atoms with van der Waals surface area (Å²) in [6.07, 6.45) is 7.88. The van der Waals surface area contributed by atoms with Gasteiger partial charge in [-0.1, -0.05) is 0 Å². The number of rotatable bonds is 3. The highest BCUT2D eigenvalue weighted by Crippen LogP contribution is 2.27. The van der Waals surface area contributed by atoms with E-state index < -0.39 is 0 Å². The molecule has 1 fully saturated rings. The molecular formula is C18H19N7O. The number of aromatic nitrogens is 5. The Labute approximate surface area is 150 Å². The number of anilines is 2. The highest BCUT2D eigenvalue weighted by atomic mass is 16.2. The highest BCUT2D eigenvalue weighted by Gasteiger charge is 2.33. The standard InChI is InChI=1S/C18H19N7O/c1-22-9-6-17(21-22)24-12-15-14(18(24)26)11-25(20-15)13-4-5-16(19-10-13)23-7-2-3-8-23/h4-6,9-11H,2-3,7-8,12H2,1H3. The van der Waals surface area contributed by atoms with Crippen molar-refractivity contribution in [3.63, 3.8) is 0 Å². The molecule has 8 nitrogen and oxygen atoms in total. The summed E-state index contributed by atoms with van der Waals surface area (Å²) < 4.78 is 3.42. The van der Waals surface area contributed by atoms with E-state index in [0.29, 0.717) is 17.9 Å². The maximum absolute atomic E-state index is 12.7. The van der Waals surface area contributed by atoms with E-state index in [2.05, 4.69) is 20.1 Å². The first-order valence-electron chi connectivity index (χ1n) is 8.80.